The fraction of sp³-hybridized carbons (Fsp3) is 0.357. The van der Waals surface area contributed by atoms with Crippen molar-refractivity contribution in [1.29, 1.82) is 0 Å². The van der Waals surface area contributed by atoms with Gasteiger partial charge in [0.15, 0.2) is 0 Å². The minimum Gasteiger partial charge on any atom is -0.392 e. The number of fused-ring (bicyclic) bond motifs is 1. The molecule has 0 bridgehead atoms. The van der Waals surface area contributed by atoms with Crippen LogP contribution in [0.5, 0.6) is 0 Å². The highest BCUT2D eigenvalue weighted by Gasteiger charge is 2.04. The molecule has 0 radical (unpaired) electrons. The molecule has 96 valence electrons. The molecule has 4 nitrogen and oxygen atoms in total. The molecule has 18 heavy (non-hydrogen) atoms. The Balaban J connectivity index is 2.12. The number of carbonyl (C=O) groups excluding carboxylic acids is 1. The lowest BCUT2D eigenvalue weighted by atomic mass is 10.2. The van der Waals surface area contributed by atoms with Gasteiger partial charge in [0.2, 0.25) is 5.91 Å². The van der Waals surface area contributed by atoms with Crippen LogP contribution >= 0.6 is 0 Å². The molecule has 0 spiro atoms. The van der Waals surface area contributed by atoms with Crippen molar-refractivity contribution in [2.24, 2.45) is 0 Å². The molecular formula is C14H18N2O2. The molecule has 1 aromatic carbocycles. The molecule has 2 aromatic rings. The third-order valence-electron chi connectivity index (χ3n) is 2.97. The van der Waals surface area contributed by atoms with Gasteiger partial charge in [0.25, 0.3) is 0 Å². The van der Waals surface area contributed by atoms with Crippen LogP contribution in [0.3, 0.4) is 0 Å². The Morgan fingerprint density at radius 1 is 1.39 bits per heavy atom. The van der Waals surface area contributed by atoms with Gasteiger partial charge in [-0.3, -0.25) is 4.79 Å². The zero-order valence-corrected chi connectivity index (χ0v) is 10.5. The second-order valence-electron chi connectivity index (χ2n) is 4.26. The first-order chi connectivity index (χ1) is 8.74. The van der Waals surface area contributed by atoms with Gasteiger partial charge in [-0.2, -0.15) is 0 Å². The van der Waals surface area contributed by atoms with Gasteiger partial charge in [-0.1, -0.05) is 6.07 Å². The topological polar surface area (TPSA) is 54.3 Å². The van der Waals surface area contributed by atoms with E-state index in [2.05, 4.69) is 9.88 Å². The van der Waals surface area contributed by atoms with Gasteiger partial charge in [0.05, 0.1) is 6.61 Å². The largest absolute Gasteiger partial charge is 0.392 e. The number of aliphatic hydroxyl groups is 1. The maximum Gasteiger partial charge on any atom is 0.221 e. The Kier molecular flexibility index (Phi) is 3.99. The number of rotatable bonds is 5. The molecule has 0 saturated heterocycles. The van der Waals surface area contributed by atoms with Crippen molar-refractivity contribution in [3.63, 3.8) is 0 Å². The van der Waals surface area contributed by atoms with Crippen molar-refractivity contribution in [3.05, 3.63) is 36.0 Å². The highest BCUT2D eigenvalue weighted by atomic mass is 16.3. The molecule has 0 atom stereocenters. The number of aromatic nitrogens is 1. The van der Waals surface area contributed by atoms with Gasteiger partial charge in [0, 0.05) is 31.2 Å². The van der Waals surface area contributed by atoms with Gasteiger partial charge < -0.3 is 15.0 Å². The number of nitrogens with one attached hydrogen (secondary N) is 1. The van der Waals surface area contributed by atoms with Crippen LogP contribution in [0.4, 0.5) is 0 Å². The second-order valence-corrected chi connectivity index (χ2v) is 4.26. The molecule has 2 rings (SSSR count). The van der Waals surface area contributed by atoms with Gasteiger partial charge in [-0.25, -0.2) is 0 Å². The van der Waals surface area contributed by atoms with Crippen LogP contribution in [0.1, 0.15) is 18.9 Å². The summed E-state index contributed by atoms with van der Waals surface area (Å²) < 4.78 is 2.06. The Morgan fingerprint density at radius 2 is 2.22 bits per heavy atom. The van der Waals surface area contributed by atoms with Crippen LogP contribution in [-0.4, -0.2) is 22.1 Å². The van der Waals surface area contributed by atoms with Crippen LogP contribution in [0.25, 0.3) is 10.9 Å². The average Bonchev–Trinajstić information content (AvgIpc) is 2.78. The molecule has 0 aliphatic rings. The molecule has 0 aliphatic carbocycles. The van der Waals surface area contributed by atoms with Crippen molar-refractivity contribution in [2.75, 3.05) is 6.54 Å². The fourth-order valence-electron chi connectivity index (χ4n) is 2.05. The molecule has 0 unspecified atom stereocenters. The number of hydrogen-bond acceptors (Lipinski definition) is 2. The molecule has 0 fully saturated rings. The Labute approximate surface area is 106 Å². The van der Waals surface area contributed by atoms with E-state index >= 15 is 0 Å². The van der Waals surface area contributed by atoms with Gasteiger partial charge in [-0.05, 0) is 36.1 Å². The van der Waals surface area contributed by atoms with E-state index in [0.29, 0.717) is 19.5 Å². The van der Waals surface area contributed by atoms with Crippen LogP contribution in [0.15, 0.2) is 30.5 Å². The highest BCUT2D eigenvalue weighted by molar-refractivity contribution is 5.81. The van der Waals surface area contributed by atoms with E-state index in [4.69, 9.17) is 5.11 Å². The minimum absolute atomic E-state index is 0.0556. The maximum atomic E-state index is 11.4. The van der Waals surface area contributed by atoms with E-state index in [1.807, 2.05) is 37.4 Å². The summed E-state index contributed by atoms with van der Waals surface area (Å²) in [6, 6.07) is 7.87. The average molecular weight is 246 g/mol. The highest BCUT2D eigenvalue weighted by Crippen LogP contribution is 2.18. The van der Waals surface area contributed by atoms with Crippen LogP contribution in [0.2, 0.25) is 0 Å². The normalized spacial score (nSPS) is 10.8. The number of carbonyl (C=O) groups is 1. The molecule has 1 amide bonds. The van der Waals surface area contributed by atoms with E-state index in [0.717, 1.165) is 16.5 Å². The van der Waals surface area contributed by atoms with Gasteiger partial charge in [0.1, 0.15) is 0 Å². The van der Waals surface area contributed by atoms with E-state index in [-0.39, 0.29) is 12.5 Å². The summed E-state index contributed by atoms with van der Waals surface area (Å²) in [5, 5.41) is 13.0. The van der Waals surface area contributed by atoms with Crippen molar-refractivity contribution >= 4 is 16.8 Å². The third-order valence-corrected chi connectivity index (χ3v) is 2.97. The first kappa shape index (κ1) is 12.6. The zero-order chi connectivity index (χ0) is 13.0. The van der Waals surface area contributed by atoms with E-state index in [9.17, 15) is 4.79 Å². The zero-order valence-electron chi connectivity index (χ0n) is 10.5. The molecule has 1 heterocycles. The fourth-order valence-corrected chi connectivity index (χ4v) is 2.05. The summed E-state index contributed by atoms with van der Waals surface area (Å²) in [5.74, 6) is 0.0753. The number of aliphatic hydroxyl groups excluding tert-OH is 1. The first-order valence-electron chi connectivity index (χ1n) is 6.20. The smallest absolute Gasteiger partial charge is 0.221 e. The quantitative estimate of drug-likeness (QED) is 0.843. The predicted octanol–water partition coefficient (Wildman–Crippen LogP) is 1.66. The van der Waals surface area contributed by atoms with Crippen molar-refractivity contribution in [3.8, 4) is 0 Å². The summed E-state index contributed by atoms with van der Waals surface area (Å²) in [4.78, 5) is 11.4. The summed E-state index contributed by atoms with van der Waals surface area (Å²) in [6.07, 6.45) is 2.46. The van der Waals surface area contributed by atoms with Crippen molar-refractivity contribution in [2.45, 2.75) is 26.5 Å². The molecule has 1 aromatic heterocycles. The lowest BCUT2D eigenvalue weighted by molar-refractivity contribution is -0.121. The lowest BCUT2D eigenvalue weighted by Gasteiger charge is -2.06. The number of hydrogen-bond donors (Lipinski definition) is 2. The second kappa shape index (κ2) is 5.69. The van der Waals surface area contributed by atoms with E-state index < -0.39 is 0 Å². The molecular weight excluding hydrogens is 228 g/mol. The molecule has 0 aliphatic heterocycles. The summed E-state index contributed by atoms with van der Waals surface area (Å²) in [6.45, 7) is 3.32. The third kappa shape index (κ3) is 2.71. The van der Waals surface area contributed by atoms with Gasteiger partial charge >= 0.3 is 0 Å². The summed E-state index contributed by atoms with van der Waals surface area (Å²) in [7, 11) is 0. The van der Waals surface area contributed by atoms with E-state index in [1.54, 1.807) is 0 Å². The first-order valence-corrected chi connectivity index (χ1v) is 6.20. The minimum atomic E-state index is 0.0556. The standard InChI is InChI=1S/C14H18N2O2/c1-2-15-14(18)6-8-16-7-5-12-9-11(10-17)3-4-13(12)16/h3-5,7,9,17H,2,6,8,10H2,1H3,(H,15,18). The van der Waals surface area contributed by atoms with Crippen LogP contribution in [0, 0.1) is 0 Å². The van der Waals surface area contributed by atoms with Crippen LogP contribution < -0.4 is 5.32 Å². The Morgan fingerprint density at radius 3 is 2.94 bits per heavy atom. The summed E-state index contributed by atoms with van der Waals surface area (Å²) >= 11 is 0. The number of nitrogens with zero attached hydrogens (tertiary/aromatic N) is 1. The Bertz CT molecular complexity index is 546. The van der Waals surface area contributed by atoms with Crippen molar-refractivity contribution < 1.29 is 9.90 Å². The van der Waals surface area contributed by atoms with E-state index in [1.165, 1.54) is 0 Å². The molecule has 0 saturated carbocycles. The summed E-state index contributed by atoms with van der Waals surface area (Å²) in [5.41, 5.74) is 2.00. The molecule has 4 heteroatoms. The maximum absolute atomic E-state index is 11.4. The predicted molar refractivity (Wildman–Crippen MR) is 71.2 cm³/mol. The Hall–Kier alpha value is -1.81. The monoisotopic (exact) mass is 246 g/mol. The van der Waals surface area contributed by atoms with Crippen molar-refractivity contribution in [1.82, 2.24) is 9.88 Å². The lowest BCUT2D eigenvalue weighted by Crippen LogP contribution is -2.23. The number of amides is 1. The molecule has 2 N–H and O–H groups in total. The number of aryl methyl sites for hydroxylation is 1. The number of benzene rings is 1. The SMILES string of the molecule is CCNC(=O)CCn1ccc2cc(CO)ccc21. The van der Waals surface area contributed by atoms with Gasteiger partial charge in [-0.15, -0.1) is 0 Å². The van der Waals surface area contributed by atoms with Crippen LogP contribution in [-0.2, 0) is 17.9 Å².